The van der Waals surface area contributed by atoms with Crippen LogP contribution < -0.4 is 10.2 Å². The maximum Gasteiger partial charge on any atom is 0.282 e. The average molecular weight is 375 g/mol. The summed E-state index contributed by atoms with van der Waals surface area (Å²) in [5.74, 6) is 0.0660. The first-order chi connectivity index (χ1) is 13.6. The normalized spacial score (nSPS) is 10.6. The number of para-hydroxylation sites is 1. The molecular formula is C21H17N3O4. The number of hydrazone groups is 1. The van der Waals surface area contributed by atoms with E-state index in [0.29, 0.717) is 12.4 Å². The number of rotatable bonds is 7. The molecule has 0 saturated heterocycles. The van der Waals surface area contributed by atoms with Crippen molar-refractivity contribution in [1.29, 1.82) is 0 Å². The van der Waals surface area contributed by atoms with Crippen LogP contribution in [0.15, 0.2) is 84.0 Å². The van der Waals surface area contributed by atoms with Gasteiger partial charge in [0, 0.05) is 6.07 Å². The van der Waals surface area contributed by atoms with Crippen LogP contribution in [0.25, 0.3) is 0 Å². The van der Waals surface area contributed by atoms with E-state index in [0.717, 1.165) is 11.1 Å². The number of nitrogens with one attached hydrogen (secondary N) is 1. The van der Waals surface area contributed by atoms with Gasteiger partial charge in [-0.15, -0.1) is 0 Å². The summed E-state index contributed by atoms with van der Waals surface area (Å²) in [5, 5.41) is 14.8. The van der Waals surface area contributed by atoms with Crippen molar-refractivity contribution in [2.24, 2.45) is 5.10 Å². The van der Waals surface area contributed by atoms with Crippen LogP contribution in [0, 0.1) is 10.1 Å². The van der Waals surface area contributed by atoms with Gasteiger partial charge in [0.2, 0.25) is 0 Å². The number of nitrogens with zero attached hydrogens (tertiary/aromatic N) is 2. The first kappa shape index (κ1) is 18.8. The second-order valence-electron chi connectivity index (χ2n) is 5.82. The fraction of sp³-hybridized carbons (Fsp3) is 0.0476. The molecule has 0 saturated carbocycles. The Hall–Kier alpha value is -4.00. The van der Waals surface area contributed by atoms with Crippen LogP contribution in [0.4, 0.5) is 5.69 Å². The summed E-state index contributed by atoms with van der Waals surface area (Å²) < 4.78 is 5.71. The van der Waals surface area contributed by atoms with E-state index in [1.807, 2.05) is 30.3 Å². The van der Waals surface area contributed by atoms with Gasteiger partial charge in [0.15, 0.2) is 0 Å². The summed E-state index contributed by atoms with van der Waals surface area (Å²) in [4.78, 5) is 22.5. The van der Waals surface area contributed by atoms with Gasteiger partial charge < -0.3 is 4.74 Å². The number of ether oxygens (including phenoxy) is 1. The van der Waals surface area contributed by atoms with Crippen LogP contribution in [0.5, 0.6) is 5.75 Å². The molecule has 1 N–H and O–H groups in total. The van der Waals surface area contributed by atoms with Gasteiger partial charge in [-0.2, -0.15) is 5.10 Å². The Morgan fingerprint density at radius 2 is 1.68 bits per heavy atom. The molecule has 3 aromatic rings. The smallest absolute Gasteiger partial charge is 0.282 e. The Balaban J connectivity index is 1.56. The van der Waals surface area contributed by atoms with Gasteiger partial charge in [0.1, 0.15) is 17.9 Å². The van der Waals surface area contributed by atoms with E-state index < -0.39 is 10.8 Å². The molecule has 0 spiro atoms. The molecule has 0 aliphatic heterocycles. The molecule has 0 bridgehead atoms. The van der Waals surface area contributed by atoms with Crippen LogP contribution >= 0.6 is 0 Å². The lowest BCUT2D eigenvalue weighted by atomic mass is 10.2. The highest BCUT2D eigenvalue weighted by atomic mass is 16.6. The number of hydrogen-bond acceptors (Lipinski definition) is 5. The fourth-order valence-electron chi connectivity index (χ4n) is 2.44. The summed E-state index contributed by atoms with van der Waals surface area (Å²) in [6.07, 6.45) is 1.45. The molecule has 1 amide bonds. The monoisotopic (exact) mass is 375 g/mol. The number of carbonyl (C=O) groups is 1. The van der Waals surface area contributed by atoms with Crippen molar-refractivity contribution in [1.82, 2.24) is 5.43 Å². The molecule has 0 aromatic heterocycles. The Morgan fingerprint density at radius 3 is 2.39 bits per heavy atom. The first-order valence-corrected chi connectivity index (χ1v) is 8.47. The number of hydrogen-bond donors (Lipinski definition) is 1. The first-order valence-electron chi connectivity index (χ1n) is 8.47. The predicted molar refractivity (Wildman–Crippen MR) is 105 cm³/mol. The minimum absolute atomic E-state index is 0.0469. The standard InChI is InChI=1S/C21H17N3O4/c25-21(19-8-4-5-9-20(19)24(26)27)23-22-14-16-10-12-18(13-11-16)28-15-17-6-2-1-3-7-17/h1-14H,15H2,(H,23,25). The van der Waals surface area contributed by atoms with Crippen molar-refractivity contribution in [3.05, 3.63) is 106 Å². The molecule has 0 aliphatic carbocycles. The molecule has 0 heterocycles. The maximum absolute atomic E-state index is 12.1. The second kappa shape index (κ2) is 9.09. The molecule has 0 atom stereocenters. The van der Waals surface area contributed by atoms with E-state index in [2.05, 4.69) is 10.5 Å². The van der Waals surface area contributed by atoms with Crippen LogP contribution in [0.1, 0.15) is 21.5 Å². The number of amides is 1. The second-order valence-corrected chi connectivity index (χ2v) is 5.82. The lowest BCUT2D eigenvalue weighted by Crippen LogP contribution is -2.18. The van der Waals surface area contributed by atoms with Crippen LogP contribution in [0.2, 0.25) is 0 Å². The molecule has 140 valence electrons. The van der Waals surface area contributed by atoms with E-state index in [-0.39, 0.29) is 11.3 Å². The highest BCUT2D eigenvalue weighted by Gasteiger charge is 2.18. The van der Waals surface area contributed by atoms with Crippen molar-refractivity contribution < 1.29 is 14.5 Å². The van der Waals surface area contributed by atoms with Gasteiger partial charge >= 0.3 is 0 Å². The number of nitro groups is 1. The van der Waals surface area contributed by atoms with Crippen LogP contribution in [-0.4, -0.2) is 17.0 Å². The van der Waals surface area contributed by atoms with Crippen molar-refractivity contribution in [3.63, 3.8) is 0 Å². The molecule has 0 aliphatic rings. The zero-order valence-corrected chi connectivity index (χ0v) is 14.8. The molecular weight excluding hydrogens is 358 g/mol. The topological polar surface area (TPSA) is 93.8 Å². The third-order valence-electron chi connectivity index (χ3n) is 3.85. The van der Waals surface area contributed by atoms with Gasteiger partial charge in [0.25, 0.3) is 11.6 Å². The minimum atomic E-state index is -0.647. The van der Waals surface area contributed by atoms with Crippen molar-refractivity contribution in [2.45, 2.75) is 6.61 Å². The summed E-state index contributed by atoms with van der Waals surface area (Å²) in [6.45, 7) is 0.472. The maximum atomic E-state index is 12.1. The fourth-order valence-corrected chi connectivity index (χ4v) is 2.44. The number of nitro benzene ring substituents is 1. The van der Waals surface area contributed by atoms with Gasteiger partial charge in [-0.1, -0.05) is 42.5 Å². The van der Waals surface area contributed by atoms with E-state index in [1.165, 1.54) is 24.4 Å². The van der Waals surface area contributed by atoms with E-state index in [1.54, 1.807) is 30.3 Å². The molecule has 3 aromatic carbocycles. The third-order valence-corrected chi connectivity index (χ3v) is 3.85. The lowest BCUT2D eigenvalue weighted by molar-refractivity contribution is -0.385. The van der Waals surface area contributed by atoms with E-state index in [4.69, 9.17) is 4.74 Å². The summed E-state index contributed by atoms with van der Waals surface area (Å²) >= 11 is 0. The average Bonchev–Trinajstić information content (AvgIpc) is 2.74. The molecule has 3 rings (SSSR count). The molecule has 0 unspecified atom stereocenters. The van der Waals surface area contributed by atoms with E-state index in [9.17, 15) is 14.9 Å². The summed E-state index contributed by atoms with van der Waals surface area (Å²) in [5.41, 5.74) is 3.80. The summed E-state index contributed by atoms with van der Waals surface area (Å²) in [7, 11) is 0. The van der Waals surface area contributed by atoms with Gasteiger partial charge in [-0.25, -0.2) is 5.43 Å². The Kier molecular flexibility index (Phi) is 6.10. The Morgan fingerprint density at radius 1 is 1.00 bits per heavy atom. The van der Waals surface area contributed by atoms with Gasteiger partial charge in [0.05, 0.1) is 11.1 Å². The minimum Gasteiger partial charge on any atom is -0.489 e. The zero-order valence-electron chi connectivity index (χ0n) is 14.8. The van der Waals surface area contributed by atoms with Crippen LogP contribution in [0.3, 0.4) is 0 Å². The SMILES string of the molecule is O=C(NN=Cc1ccc(OCc2ccccc2)cc1)c1ccccc1[N+](=O)[O-]. The van der Waals surface area contributed by atoms with Crippen molar-refractivity contribution >= 4 is 17.8 Å². The third kappa shape index (κ3) is 5.01. The lowest BCUT2D eigenvalue weighted by Gasteiger charge is -2.06. The Bertz CT molecular complexity index is 986. The van der Waals surface area contributed by atoms with Gasteiger partial charge in [-0.05, 0) is 41.5 Å². The molecule has 0 fully saturated rings. The van der Waals surface area contributed by atoms with Gasteiger partial charge in [-0.3, -0.25) is 14.9 Å². The largest absolute Gasteiger partial charge is 0.489 e. The van der Waals surface area contributed by atoms with E-state index >= 15 is 0 Å². The van der Waals surface area contributed by atoms with Crippen molar-refractivity contribution in [3.8, 4) is 5.75 Å². The molecule has 28 heavy (non-hydrogen) atoms. The highest BCUT2D eigenvalue weighted by Crippen LogP contribution is 2.17. The zero-order chi connectivity index (χ0) is 19.8. The molecule has 7 nitrogen and oxygen atoms in total. The molecule has 7 heteroatoms. The molecule has 0 radical (unpaired) electrons. The Labute approximate surface area is 161 Å². The van der Waals surface area contributed by atoms with Crippen LogP contribution in [-0.2, 0) is 6.61 Å². The summed E-state index contributed by atoms with van der Waals surface area (Å²) in [6, 6.07) is 22.7. The quantitative estimate of drug-likeness (QED) is 0.384. The predicted octanol–water partition coefficient (Wildman–Crippen LogP) is 3.94. The number of carbonyl (C=O) groups excluding carboxylic acids is 1. The van der Waals surface area contributed by atoms with Crippen molar-refractivity contribution in [2.75, 3.05) is 0 Å². The highest BCUT2D eigenvalue weighted by molar-refractivity contribution is 5.98. The number of benzene rings is 3.